The maximum Gasteiger partial charge on any atom is 0.293 e. The normalized spacial score (nSPS) is 20.0. The number of nitrogens with zero attached hydrogens (tertiary/aromatic N) is 1. The molecule has 138 valence electrons. The molecule has 1 aliphatic heterocycles. The molecule has 1 unspecified atom stereocenters. The number of rotatable bonds is 6. The van der Waals surface area contributed by atoms with Crippen LogP contribution in [0.4, 0.5) is 5.69 Å². The molecular formula is C19H31N4O2+. The first-order chi connectivity index (χ1) is 12.0. The van der Waals surface area contributed by atoms with E-state index in [1.54, 1.807) is 12.1 Å². The van der Waals surface area contributed by atoms with Gasteiger partial charge in [0.2, 0.25) is 0 Å². The molecule has 1 aliphatic rings. The first kappa shape index (κ1) is 19.2. The first-order valence-corrected chi connectivity index (χ1v) is 9.31. The van der Waals surface area contributed by atoms with Crippen LogP contribution in [0.3, 0.4) is 0 Å². The number of benzene rings is 1. The minimum Gasteiger partial charge on any atom is -0.372 e. The number of hydrazine groups is 1. The predicted molar refractivity (Wildman–Crippen MR) is 99.6 cm³/mol. The molecule has 0 aliphatic carbocycles. The summed E-state index contributed by atoms with van der Waals surface area (Å²) in [5.41, 5.74) is 6.67. The van der Waals surface area contributed by atoms with Gasteiger partial charge in [-0.2, -0.15) is 0 Å². The summed E-state index contributed by atoms with van der Waals surface area (Å²) >= 11 is 0. The number of hydrogen-bond donors (Lipinski definition) is 3. The van der Waals surface area contributed by atoms with Gasteiger partial charge < -0.3 is 9.80 Å². The minimum absolute atomic E-state index is 0.141. The fourth-order valence-corrected chi connectivity index (χ4v) is 3.44. The van der Waals surface area contributed by atoms with E-state index in [0.717, 1.165) is 38.3 Å². The number of carbonyl (C=O) groups excluding carboxylic acids is 2. The maximum atomic E-state index is 12.2. The van der Waals surface area contributed by atoms with Crippen molar-refractivity contribution >= 4 is 17.5 Å². The molecule has 2 rings (SSSR count). The molecule has 6 heteroatoms. The van der Waals surface area contributed by atoms with E-state index in [9.17, 15) is 9.59 Å². The highest BCUT2D eigenvalue weighted by Gasteiger charge is 2.22. The molecule has 25 heavy (non-hydrogen) atoms. The molecule has 0 bridgehead atoms. The molecule has 0 aromatic heterocycles. The summed E-state index contributed by atoms with van der Waals surface area (Å²) in [4.78, 5) is 27.7. The lowest BCUT2D eigenvalue weighted by atomic mass is 10.0. The van der Waals surface area contributed by atoms with Crippen molar-refractivity contribution in [1.82, 2.24) is 10.9 Å². The van der Waals surface area contributed by atoms with Gasteiger partial charge in [0.15, 0.2) is 6.54 Å². The van der Waals surface area contributed by atoms with E-state index >= 15 is 0 Å². The largest absolute Gasteiger partial charge is 0.372 e. The van der Waals surface area contributed by atoms with Crippen LogP contribution in [0, 0.1) is 5.92 Å². The highest BCUT2D eigenvalue weighted by molar-refractivity contribution is 5.95. The molecule has 1 saturated heterocycles. The minimum atomic E-state index is -0.290. The summed E-state index contributed by atoms with van der Waals surface area (Å²) in [5, 5.41) is 0. The van der Waals surface area contributed by atoms with E-state index in [1.807, 2.05) is 12.1 Å². The van der Waals surface area contributed by atoms with Gasteiger partial charge in [0.1, 0.15) is 0 Å². The summed E-state index contributed by atoms with van der Waals surface area (Å²) < 4.78 is 0. The molecular weight excluding hydrogens is 316 g/mol. The Morgan fingerprint density at radius 2 is 1.84 bits per heavy atom. The number of hydrogen-bond acceptors (Lipinski definition) is 3. The van der Waals surface area contributed by atoms with Crippen molar-refractivity contribution in [2.24, 2.45) is 5.92 Å². The topological polar surface area (TPSA) is 65.9 Å². The number of piperidine rings is 1. The Kier molecular flexibility index (Phi) is 7.25. The number of anilines is 1. The summed E-state index contributed by atoms with van der Waals surface area (Å²) in [7, 11) is 0. The zero-order chi connectivity index (χ0) is 18.2. The lowest BCUT2D eigenvalue weighted by Gasteiger charge is -2.27. The zero-order valence-corrected chi connectivity index (χ0v) is 15.6. The third-order valence-corrected chi connectivity index (χ3v) is 4.85. The van der Waals surface area contributed by atoms with Crippen molar-refractivity contribution in [2.75, 3.05) is 37.6 Å². The van der Waals surface area contributed by atoms with Gasteiger partial charge in [-0.15, -0.1) is 0 Å². The van der Waals surface area contributed by atoms with Crippen LogP contribution >= 0.6 is 0 Å². The van der Waals surface area contributed by atoms with E-state index in [4.69, 9.17) is 0 Å². The SMILES string of the molecule is CCN(CC)c1ccc(C(=O)NNC(=O)C[NH+]2CCC[C@H](C)C2)cc1. The monoisotopic (exact) mass is 347 g/mol. The zero-order valence-electron chi connectivity index (χ0n) is 15.6. The Bertz CT molecular complexity index is 569. The summed E-state index contributed by atoms with van der Waals surface area (Å²) in [6.07, 6.45) is 2.40. The Balaban J connectivity index is 1.80. The Morgan fingerprint density at radius 1 is 1.16 bits per heavy atom. The summed E-state index contributed by atoms with van der Waals surface area (Å²) in [6.45, 7) is 10.7. The third kappa shape index (κ3) is 5.74. The van der Waals surface area contributed by atoms with Gasteiger partial charge in [-0.25, -0.2) is 0 Å². The number of amides is 2. The molecule has 1 fully saturated rings. The van der Waals surface area contributed by atoms with Gasteiger partial charge in [0.25, 0.3) is 11.8 Å². The van der Waals surface area contributed by atoms with Crippen molar-refractivity contribution < 1.29 is 14.5 Å². The fraction of sp³-hybridized carbons (Fsp3) is 0.579. The first-order valence-electron chi connectivity index (χ1n) is 9.31. The van der Waals surface area contributed by atoms with Gasteiger partial charge in [0, 0.05) is 30.3 Å². The second-order valence-electron chi connectivity index (χ2n) is 6.85. The van der Waals surface area contributed by atoms with Gasteiger partial charge in [0.05, 0.1) is 13.1 Å². The van der Waals surface area contributed by atoms with Crippen LogP contribution in [0.1, 0.15) is 44.0 Å². The van der Waals surface area contributed by atoms with Crippen LogP contribution in [0.25, 0.3) is 0 Å². The molecule has 0 saturated carbocycles. The van der Waals surface area contributed by atoms with E-state index in [-0.39, 0.29) is 11.8 Å². The molecule has 6 nitrogen and oxygen atoms in total. The van der Waals surface area contributed by atoms with Crippen LogP contribution in [0.5, 0.6) is 0 Å². The number of carbonyl (C=O) groups is 2. The molecule has 0 spiro atoms. The smallest absolute Gasteiger partial charge is 0.293 e. The lowest BCUT2D eigenvalue weighted by Crippen LogP contribution is -3.14. The fourth-order valence-electron chi connectivity index (χ4n) is 3.44. The highest BCUT2D eigenvalue weighted by Crippen LogP contribution is 2.14. The number of nitrogens with one attached hydrogen (secondary N) is 3. The van der Waals surface area contributed by atoms with Crippen LogP contribution in [-0.4, -0.2) is 44.5 Å². The average Bonchev–Trinajstić information content (AvgIpc) is 2.61. The van der Waals surface area contributed by atoms with E-state index < -0.39 is 0 Å². The van der Waals surface area contributed by atoms with Gasteiger partial charge >= 0.3 is 0 Å². The van der Waals surface area contributed by atoms with Crippen LogP contribution in [-0.2, 0) is 4.79 Å². The molecule has 1 aromatic carbocycles. The van der Waals surface area contributed by atoms with Crippen LogP contribution < -0.4 is 20.7 Å². The molecule has 3 N–H and O–H groups in total. The number of quaternary nitrogens is 1. The second kappa shape index (κ2) is 9.42. The predicted octanol–water partition coefficient (Wildman–Crippen LogP) is 0.609. The quantitative estimate of drug-likeness (QED) is 0.661. The van der Waals surface area contributed by atoms with Crippen molar-refractivity contribution in [3.05, 3.63) is 29.8 Å². The molecule has 1 aromatic rings. The Hall–Kier alpha value is -2.08. The summed E-state index contributed by atoms with van der Waals surface area (Å²) in [5.74, 6) is 0.231. The van der Waals surface area contributed by atoms with Crippen LogP contribution in [0.2, 0.25) is 0 Å². The van der Waals surface area contributed by atoms with Crippen molar-refractivity contribution in [3.63, 3.8) is 0 Å². The van der Waals surface area contributed by atoms with Crippen molar-refractivity contribution in [2.45, 2.75) is 33.6 Å². The molecule has 2 atom stereocenters. The highest BCUT2D eigenvalue weighted by atomic mass is 16.2. The average molecular weight is 347 g/mol. The van der Waals surface area contributed by atoms with Crippen molar-refractivity contribution in [3.8, 4) is 0 Å². The third-order valence-electron chi connectivity index (χ3n) is 4.85. The van der Waals surface area contributed by atoms with Gasteiger partial charge in [-0.05, 0) is 51.0 Å². The van der Waals surface area contributed by atoms with E-state index in [0.29, 0.717) is 18.0 Å². The number of likely N-dealkylation sites (tertiary alicyclic amines) is 1. The van der Waals surface area contributed by atoms with Crippen molar-refractivity contribution in [1.29, 1.82) is 0 Å². The van der Waals surface area contributed by atoms with Gasteiger partial charge in [-0.3, -0.25) is 20.4 Å². The lowest BCUT2D eigenvalue weighted by molar-refractivity contribution is -0.900. The maximum absolute atomic E-state index is 12.2. The van der Waals surface area contributed by atoms with Crippen LogP contribution in [0.15, 0.2) is 24.3 Å². The molecule has 2 amide bonds. The second-order valence-corrected chi connectivity index (χ2v) is 6.85. The van der Waals surface area contributed by atoms with Gasteiger partial charge in [-0.1, -0.05) is 6.92 Å². The Morgan fingerprint density at radius 3 is 2.44 bits per heavy atom. The Labute approximate surface area is 150 Å². The molecule has 0 radical (unpaired) electrons. The standard InChI is InChI=1S/C19H30N4O2/c1-4-23(5-2)17-10-8-16(9-11-17)19(25)21-20-18(24)14-22-12-6-7-15(3)13-22/h8-11,15H,4-7,12-14H2,1-3H3,(H,20,24)(H,21,25)/p+1/t15-/m0/s1. The van der Waals surface area contributed by atoms with E-state index in [1.165, 1.54) is 11.3 Å². The summed E-state index contributed by atoms with van der Waals surface area (Å²) in [6, 6.07) is 7.44. The van der Waals surface area contributed by atoms with E-state index in [2.05, 4.69) is 36.5 Å². The molecule has 1 heterocycles.